The number of benzene rings is 1. The summed E-state index contributed by atoms with van der Waals surface area (Å²) in [6, 6.07) is 6.23. The molecule has 2 aromatic rings. The fourth-order valence-electron chi connectivity index (χ4n) is 1.65. The number of halogens is 1. The molecule has 1 aromatic carbocycles. The summed E-state index contributed by atoms with van der Waals surface area (Å²) in [6.45, 7) is 1.97. The van der Waals surface area contributed by atoms with Gasteiger partial charge >= 0.3 is 0 Å². The van der Waals surface area contributed by atoms with Crippen LogP contribution in [0.5, 0.6) is 0 Å². The van der Waals surface area contributed by atoms with E-state index in [2.05, 4.69) is 4.72 Å². The predicted octanol–water partition coefficient (Wildman–Crippen LogP) is 2.68. The molecule has 0 aliphatic heterocycles. The van der Waals surface area contributed by atoms with E-state index in [4.69, 9.17) is 16.7 Å². The fourth-order valence-corrected chi connectivity index (χ4v) is 3.92. The maximum Gasteiger partial charge on any atom is 0.240 e. The highest BCUT2D eigenvalue weighted by Crippen LogP contribution is 2.21. The van der Waals surface area contributed by atoms with Crippen LogP contribution in [0.15, 0.2) is 34.5 Å². The van der Waals surface area contributed by atoms with Crippen molar-refractivity contribution in [1.29, 1.82) is 0 Å². The Morgan fingerprint density at radius 3 is 2.65 bits per heavy atom. The van der Waals surface area contributed by atoms with Gasteiger partial charge in [-0.25, -0.2) is 13.1 Å². The minimum atomic E-state index is -3.61. The molecule has 0 aliphatic carbocycles. The average Bonchev–Trinajstić information content (AvgIpc) is 2.82. The van der Waals surface area contributed by atoms with Gasteiger partial charge in [0.15, 0.2) is 0 Å². The molecule has 1 heterocycles. The highest BCUT2D eigenvalue weighted by Gasteiger charge is 2.16. The van der Waals surface area contributed by atoms with Crippen LogP contribution in [0, 0.1) is 6.92 Å². The molecule has 108 valence electrons. The number of aliphatic hydroxyl groups is 1. The second-order valence-electron chi connectivity index (χ2n) is 4.26. The first-order valence-electron chi connectivity index (χ1n) is 5.86. The molecule has 0 amide bonds. The van der Waals surface area contributed by atoms with Crippen molar-refractivity contribution in [2.75, 3.05) is 0 Å². The van der Waals surface area contributed by atoms with Crippen LogP contribution in [0.4, 0.5) is 0 Å². The number of sulfonamides is 1. The molecule has 0 unspecified atom stereocenters. The second kappa shape index (κ2) is 6.24. The van der Waals surface area contributed by atoms with Crippen molar-refractivity contribution in [3.05, 3.63) is 50.7 Å². The first-order valence-corrected chi connectivity index (χ1v) is 8.60. The van der Waals surface area contributed by atoms with Crippen LogP contribution in [-0.2, 0) is 23.2 Å². The number of aliphatic hydroxyl groups excluding tert-OH is 1. The molecule has 20 heavy (non-hydrogen) atoms. The first-order chi connectivity index (χ1) is 9.44. The number of hydrogen-bond acceptors (Lipinski definition) is 4. The zero-order chi connectivity index (χ0) is 14.8. The van der Waals surface area contributed by atoms with Gasteiger partial charge < -0.3 is 5.11 Å². The van der Waals surface area contributed by atoms with Crippen LogP contribution in [0.3, 0.4) is 0 Å². The lowest BCUT2D eigenvalue weighted by Gasteiger charge is -2.08. The van der Waals surface area contributed by atoms with Crippen molar-refractivity contribution in [3.8, 4) is 0 Å². The molecule has 0 saturated carbocycles. The number of rotatable bonds is 5. The number of thiophene rings is 1. The minimum absolute atomic E-state index is 0.0916. The quantitative estimate of drug-likeness (QED) is 0.885. The highest BCUT2D eigenvalue weighted by atomic mass is 35.5. The average molecular weight is 332 g/mol. The molecule has 4 nitrogen and oxygen atoms in total. The van der Waals surface area contributed by atoms with Crippen molar-refractivity contribution >= 4 is 33.0 Å². The van der Waals surface area contributed by atoms with Crippen molar-refractivity contribution < 1.29 is 13.5 Å². The van der Waals surface area contributed by atoms with Gasteiger partial charge in [0, 0.05) is 16.4 Å². The summed E-state index contributed by atoms with van der Waals surface area (Å²) in [5.74, 6) is 0. The van der Waals surface area contributed by atoms with Gasteiger partial charge in [-0.15, -0.1) is 11.3 Å². The largest absolute Gasteiger partial charge is 0.392 e. The van der Waals surface area contributed by atoms with E-state index in [1.165, 1.54) is 29.5 Å². The van der Waals surface area contributed by atoms with Crippen LogP contribution in [0.2, 0.25) is 5.02 Å². The molecular weight excluding hydrogens is 318 g/mol. The predicted molar refractivity (Wildman–Crippen MR) is 80.5 cm³/mol. The molecule has 2 rings (SSSR count). The van der Waals surface area contributed by atoms with E-state index in [-0.39, 0.29) is 23.1 Å². The minimum Gasteiger partial charge on any atom is -0.392 e. The van der Waals surface area contributed by atoms with Gasteiger partial charge in [0.05, 0.1) is 11.5 Å². The van der Waals surface area contributed by atoms with Gasteiger partial charge in [-0.2, -0.15) is 0 Å². The van der Waals surface area contributed by atoms with Gasteiger partial charge in [0.2, 0.25) is 10.0 Å². The highest BCUT2D eigenvalue weighted by molar-refractivity contribution is 7.89. The van der Waals surface area contributed by atoms with E-state index in [9.17, 15) is 8.42 Å². The Balaban J connectivity index is 2.18. The SMILES string of the molecule is Cc1ccsc1CNS(=O)(=O)c1ccc(CO)c(Cl)c1. The van der Waals surface area contributed by atoms with E-state index in [0.29, 0.717) is 5.56 Å². The smallest absolute Gasteiger partial charge is 0.240 e. The molecular formula is C13H14ClNO3S2. The summed E-state index contributed by atoms with van der Waals surface area (Å²) in [5.41, 5.74) is 1.56. The summed E-state index contributed by atoms with van der Waals surface area (Å²) in [7, 11) is -3.61. The van der Waals surface area contributed by atoms with Crippen LogP contribution < -0.4 is 4.72 Å². The van der Waals surface area contributed by atoms with Crippen LogP contribution in [0.1, 0.15) is 16.0 Å². The van der Waals surface area contributed by atoms with Gasteiger partial charge in [-0.1, -0.05) is 17.7 Å². The summed E-state index contributed by atoms with van der Waals surface area (Å²) in [6.07, 6.45) is 0. The molecule has 0 saturated heterocycles. The Kier molecular flexibility index (Phi) is 4.82. The van der Waals surface area contributed by atoms with Gasteiger partial charge in [-0.3, -0.25) is 0 Å². The lowest BCUT2D eigenvalue weighted by Crippen LogP contribution is -2.23. The van der Waals surface area contributed by atoms with Gasteiger partial charge in [-0.05, 0) is 41.6 Å². The summed E-state index contributed by atoms with van der Waals surface area (Å²) < 4.78 is 26.9. The van der Waals surface area contributed by atoms with Crippen molar-refractivity contribution in [1.82, 2.24) is 4.72 Å². The molecule has 0 atom stereocenters. The topological polar surface area (TPSA) is 66.4 Å². The Morgan fingerprint density at radius 2 is 2.10 bits per heavy atom. The molecule has 2 N–H and O–H groups in total. The van der Waals surface area contributed by atoms with Crippen LogP contribution >= 0.6 is 22.9 Å². The van der Waals surface area contributed by atoms with Gasteiger partial charge in [0.25, 0.3) is 0 Å². The van der Waals surface area contributed by atoms with E-state index >= 15 is 0 Å². The van der Waals surface area contributed by atoms with E-state index < -0.39 is 10.0 Å². The molecule has 0 aliphatic rings. The van der Waals surface area contributed by atoms with Crippen molar-refractivity contribution in [3.63, 3.8) is 0 Å². The Bertz CT molecular complexity index is 710. The summed E-state index contributed by atoms with van der Waals surface area (Å²) >= 11 is 7.42. The molecule has 0 spiro atoms. The maximum absolute atomic E-state index is 12.2. The van der Waals surface area contributed by atoms with Crippen LogP contribution in [-0.4, -0.2) is 13.5 Å². The zero-order valence-electron chi connectivity index (χ0n) is 10.8. The Morgan fingerprint density at radius 1 is 1.35 bits per heavy atom. The monoisotopic (exact) mass is 331 g/mol. The zero-order valence-corrected chi connectivity index (χ0v) is 13.1. The third-order valence-corrected chi connectivity index (χ3v) is 5.67. The molecule has 0 fully saturated rings. The third kappa shape index (κ3) is 3.39. The van der Waals surface area contributed by atoms with Crippen LogP contribution in [0.25, 0.3) is 0 Å². The van der Waals surface area contributed by atoms with E-state index in [0.717, 1.165) is 10.4 Å². The Hall–Kier alpha value is -0.920. The lowest BCUT2D eigenvalue weighted by molar-refractivity contribution is 0.282. The molecule has 1 aromatic heterocycles. The summed E-state index contributed by atoms with van der Waals surface area (Å²) in [4.78, 5) is 1.07. The summed E-state index contributed by atoms with van der Waals surface area (Å²) in [5, 5.41) is 11.2. The third-order valence-electron chi connectivity index (χ3n) is 2.90. The number of aryl methyl sites for hydroxylation is 1. The standard InChI is InChI=1S/C13H14ClNO3S2/c1-9-4-5-19-13(9)7-15-20(17,18)11-3-2-10(8-16)12(14)6-11/h2-6,15-16H,7-8H2,1H3. The second-order valence-corrected chi connectivity index (χ2v) is 7.44. The molecule has 7 heteroatoms. The normalized spacial score (nSPS) is 11.8. The molecule has 0 bridgehead atoms. The van der Waals surface area contributed by atoms with E-state index in [1.807, 2.05) is 18.4 Å². The fraction of sp³-hybridized carbons (Fsp3) is 0.231. The lowest BCUT2D eigenvalue weighted by atomic mass is 10.2. The van der Waals surface area contributed by atoms with E-state index in [1.54, 1.807) is 0 Å². The first kappa shape index (κ1) is 15.5. The Labute approximate surface area is 127 Å². The molecule has 0 radical (unpaired) electrons. The van der Waals surface area contributed by atoms with Gasteiger partial charge in [0.1, 0.15) is 0 Å². The van der Waals surface area contributed by atoms with Crippen molar-refractivity contribution in [2.45, 2.75) is 25.0 Å². The number of hydrogen-bond donors (Lipinski definition) is 2. The van der Waals surface area contributed by atoms with Crippen molar-refractivity contribution in [2.24, 2.45) is 0 Å². The maximum atomic E-state index is 12.2. The number of nitrogens with one attached hydrogen (secondary N) is 1.